The predicted octanol–water partition coefficient (Wildman–Crippen LogP) is 5.13. The van der Waals surface area contributed by atoms with E-state index in [1.54, 1.807) is 7.11 Å². The number of aromatic nitrogens is 1. The lowest BCUT2D eigenvalue weighted by Crippen LogP contribution is -2.71. The van der Waals surface area contributed by atoms with Crippen LogP contribution < -0.4 is 10.2 Å². The number of nitrogens with zero attached hydrogens (tertiary/aromatic N) is 2. The van der Waals surface area contributed by atoms with Crippen LogP contribution in [0.2, 0.25) is 0 Å². The quantitative estimate of drug-likeness (QED) is 0.418. The van der Waals surface area contributed by atoms with Crippen LogP contribution in [0.5, 0.6) is 5.75 Å². The average Bonchev–Trinajstić information content (AvgIpc) is 2.79. The summed E-state index contributed by atoms with van der Waals surface area (Å²) in [6.07, 6.45) is 11.0. The van der Waals surface area contributed by atoms with E-state index in [-0.39, 0.29) is 0 Å². The normalized spacial score (nSPS) is 26.8. The molecule has 1 fully saturated rings. The highest BCUT2D eigenvalue weighted by Gasteiger charge is 2.55. The fraction of sp³-hybridized carbons (Fsp3) is 0.640. The molecule has 3 atom stereocenters. The van der Waals surface area contributed by atoms with E-state index in [9.17, 15) is 5.11 Å². The number of pyridine rings is 1. The van der Waals surface area contributed by atoms with Gasteiger partial charge in [-0.25, -0.2) is 4.59 Å². The topological polar surface area (TPSA) is 54.4 Å². The van der Waals surface area contributed by atoms with Crippen molar-refractivity contribution in [1.29, 1.82) is 0 Å². The van der Waals surface area contributed by atoms with Gasteiger partial charge in [-0.05, 0) is 43.0 Å². The van der Waals surface area contributed by atoms with Crippen LogP contribution in [0, 0.1) is 5.92 Å². The fourth-order valence-electron chi connectivity index (χ4n) is 5.25. The Morgan fingerprint density at radius 3 is 2.70 bits per heavy atom. The molecule has 2 heterocycles. The van der Waals surface area contributed by atoms with Gasteiger partial charge in [0.1, 0.15) is 5.75 Å². The maximum Gasteiger partial charge on any atom is 0.246 e. The van der Waals surface area contributed by atoms with E-state index in [0.717, 1.165) is 61.0 Å². The minimum atomic E-state index is -0.994. The monoisotopic (exact) mass is 414 g/mol. The van der Waals surface area contributed by atoms with E-state index in [1.165, 1.54) is 25.7 Å². The zero-order chi connectivity index (χ0) is 21.6. The van der Waals surface area contributed by atoms with Crippen LogP contribution in [0.25, 0.3) is 10.9 Å². The number of fused-ring (bicyclic) bond motifs is 1. The first-order chi connectivity index (χ1) is 14.5. The maximum absolute atomic E-state index is 12.5. The molecule has 0 amide bonds. The zero-order valence-electron chi connectivity index (χ0n) is 19.3. The molecular formula is C25H40N3O2+. The summed E-state index contributed by atoms with van der Waals surface area (Å²) in [5.41, 5.74) is 4.44. The van der Waals surface area contributed by atoms with Gasteiger partial charge in [-0.15, -0.1) is 0 Å². The van der Waals surface area contributed by atoms with Crippen molar-refractivity contribution in [2.45, 2.75) is 70.9 Å². The summed E-state index contributed by atoms with van der Waals surface area (Å²) in [4.78, 5) is 4.56. The fourth-order valence-corrected chi connectivity index (χ4v) is 5.25. The molecule has 0 radical (unpaired) electrons. The Bertz CT molecular complexity index is 827. The number of hydrogen-bond donors (Lipinski definition) is 2. The minimum absolute atomic E-state index is 0.517. The molecule has 1 aromatic heterocycles. The Kier molecular flexibility index (Phi) is 7.72. The molecule has 1 aromatic carbocycles. The van der Waals surface area contributed by atoms with Gasteiger partial charge in [-0.3, -0.25) is 4.98 Å². The highest BCUT2D eigenvalue weighted by molar-refractivity contribution is 5.84. The predicted molar refractivity (Wildman–Crippen MR) is 123 cm³/mol. The molecule has 0 saturated carbocycles. The van der Waals surface area contributed by atoms with Gasteiger partial charge >= 0.3 is 0 Å². The van der Waals surface area contributed by atoms with Crippen molar-refractivity contribution in [2.75, 3.05) is 27.2 Å². The number of likely N-dealkylation sites (tertiary alicyclic amines) is 1. The third kappa shape index (κ3) is 4.34. The summed E-state index contributed by atoms with van der Waals surface area (Å²) < 4.78 is 6.01. The van der Waals surface area contributed by atoms with Gasteiger partial charge in [0.15, 0.2) is 0 Å². The first-order valence-corrected chi connectivity index (χ1v) is 11.8. The van der Waals surface area contributed by atoms with Crippen LogP contribution in [-0.4, -0.2) is 41.9 Å². The van der Waals surface area contributed by atoms with Crippen molar-refractivity contribution in [3.05, 3.63) is 36.0 Å². The van der Waals surface area contributed by atoms with Crippen molar-refractivity contribution in [2.24, 2.45) is 5.92 Å². The molecule has 166 valence electrons. The number of piperidine rings is 1. The van der Waals surface area contributed by atoms with E-state index in [1.807, 2.05) is 37.5 Å². The number of hydrogen-bond acceptors (Lipinski definition) is 4. The van der Waals surface area contributed by atoms with Crippen molar-refractivity contribution in [3.63, 3.8) is 0 Å². The number of benzene rings is 1. The molecule has 2 aromatic rings. The summed E-state index contributed by atoms with van der Waals surface area (Å²) in [6.45, 7) is 6.36. The first-order valence-electron chi connectivity index (χ1n) is 11.8. The molecule has 0 bridgehead atoms. The van der Waals surface area contributed by atoms with Crippen LogP contribution in [0.3, 0.4) is 0 Å². The zero-order valence-corrected chi connectivity index (χ0v) is 19.3. The van der Waals surface area contributed by atoms with Gasteiger partial charge in [0.25, 0.3) is 0 Å². The molecular weight excluding hydrogens is 374 g/mol. The van der Waals surface area contributed by atoms with Crippen molar-refractivity contribution < 1.29 is 14.4 Å². The van der Waals surface area contributed by atoms with Gasteiger partial charge in [0.2, 0.25) is 5.72 Å². The summed E-state index contributed by atoms with van der Waals surface area (Å²) in [7, 11) is 3.69. The van der Waals surface area contributed by atoms with Gasteiger partial charge < -0.3 is 9.84 Å². The second-order valence-electron chi connectivity index (χ2n) is 8.88. The third-order valence-electron chi connectivity index (χ3n) is 7.23. The highest BCUT2D eigenvalue weighted by atomic mass is 16.5. The molecule has 1 saturated heterocycles. The van der Waals surface area contributed by atoms with Crippen LogP contribution in [0.1, 0.15) is 70.8 Å². The Hall–Kier alpha value is -1.69. The maximum atomic E-state index is 12.5. The molecule has 1 aliphatic rings. The van der Waals surface area contributed by atoms with Crippen molar-refractivity contribution in [3.8, 4) is 5.75 Å². The van der Waals surface area contributed by atoms with Crippen molar-refractivity contribution in [1.82, 2.24) is 10.4 Å². The Morgan fingerprint density at radius 1 is 1.20 bits per heavy atom. The molecule has 1 aliphatic heterocycles. The highest BCUT2D eigenvalue weighted by Crippen LogP contribution is 2.46. The minimum Gasteiger partial charge on any atom is -0.497 e. The first kappa shape index (κ1) is 23.0. The van der Waals surface area contributed by atoms with E-state index in [0.29, 0.717) is 10.5 Å². The molecule has 0 spiro atoms. The number of ether oxygens (including phenoxy) is 1. The molecule has 2 N–H and O–H groups in total. The second-order valence-corrected chi connectivity index (χ2v) is 8.88. The SMILES string of the molecule is CCCCCCC[N+]1(NC)CCC(CC)C[C@@]1(O)c1ccnc2ccc(OC)cc12. The van der Waals surface area contributed by atoms with Crippen LogP contribution in [0.15, 0.2) is 30.5 Å². The van der Waals surface area contributed by atoms with Gasteiger partial charge in [0.05, 0.1) is 31.3 Å². The standard InChI is InChI=1S/C25H40N3O2/c1-5-7-8-9-10-16-28(26-3)17-14-20(6-2)19-25(28,29)23-13-15-27-24-12-11-21(30-4)18-22(23)24/h11-13,15,18,20,26,29H,5-10,14,16-17,19H2,1-4H3/q+1/t20?,25-,28?/m1/s1. The van der Waals surface area contributed by atoms with E-state index in [2.05, 4.69) is 24.3 Å². The Morgan fingerprint density at radius 2 is 2.00 bits per heavy atom. The average molecular weight is 415 g/mol. The third-order valence-corrected chi connectivity index (χ3v) is 7.23. The summed E-state index contributed by atoms with van der Waals surface area (Å²) in [5.74, 6) is 1.31. The second kappa shape index (κ2) is 10.1. The Labute approximate surface area is 182 Å². The number of aliphatic hydroxyl groups is 1. The lowest BCUT2D eigenvalue weighted by atomic mass is 9.80. The lowest BCUT2D eigenvalue weighted by Gasteiger charge is -2.53. The smallest absolute Gasteiger partial charge is 0.246 e. The summed E-state index contributed by atoms with van der Waals surface area (Å²) in [6, 6.07) is 7.96. The molecule has 0 aliphatic carbocycles. The number of methoxy groups -OCH3 is 1. The molecule has 5 nitrogen and oxygen atoms in total. The number of nitrogens with one attached hydrogen (secondary N) is 1. The van der Waals surface area contributed by atoms with E-state index >= 15 is 0 Å². The molecule has 3 rings (SSSR count). The number of rotatable bonds is 10. The van der Waals surface area contributed by atoms with E-state index < -0.39 is 5.72 Å². The van der Waals surface area contributed by atoms with Gasteiger partial charge in [-0.1, -0.05) is 39.5 Å². The van der Waals surface area contributed by atoms with E-state index in [4.69, 9.17) is 4.74 Å². The summed E-state index contributed by atoms with van der Waals surface area (Å²) in [5, 5.41) is 13.4. The molecule has 5 heteroatoms. The van der Waals surface area contributed by atoms with Crippen molar-refractivity contribution >= 4 is 10.9 Å². The number of quaternary nitrogens is 1. The Balaban J connectivity index is 2.04. The largest absolute Gasteiger partial charge is 0.497 e. The number of unbranched alkanes of at least 4 members (excludes halogenated alkanes) is 4. The van der Waals surface area contributed by atoms with Crippen LogP contribution >= 0.6 is 0 Å². The van der Waals surface area contributed by atoms with Gasteiger partial charge in [0, 0.05) is 31.5 Å². The lowest BCUT2D eigenvalue weighted by molar-refractivity contribution is -1.05. The van der Waals surface area contributed by atoms with Gasteiger partial charge in [-0.2, -0.15) is 5.43 Å². The summed E-state index contributed by atoms with van der Waals surface area (Å²) >= 11 is 0. The molecule has 30 heavy (non-hydrogen) atoms. The van der Waals surface area contributed by atoms with Crippen LogP contribution in [-0.2, 0) is 5.72 Å². The molecule has 2 unspecified atom stereocenters. The van der Waals surface area contributed by atoms with Crippen LogP contribution in [0.4, 0.5) is 0 Å².